The Morgan fingerprint density at radius 3 is 2.00 bits per heavy atom. The van der Waals surface area contributed by atoms with Crippen molar-refractivity contribution in [3.8, 4) is 33.4 Å². The third kappa shape index (κ3) is 5.26. The van der Waals surface area contributed by atoms with Gasteiger partial charge >= 0.3 is 0 Å². The van der Waals surface area contributed by atoms with Crippen LogP contribution in [0.4, 0.5) is 17.1 Å². The minimum atomic E-state index is -0.206. The zero-order chi connectivity index (χ0) is 41.0. The average molecular weight is 784 g/mol. The number of hydrogen-bond acceptors (Lipinski definition) is 1. The van der Waals surface area contributed by atoms with E-state index in [1.807, 2.05) is 0 Å². The van der Waals surface area contributed by atoms with Gasteiger partial charge in [-0.3, -0.25) is 0 Å². The third-order valence-electron chi connectivity index (χ3n) is 14.6. The zero-order valence-electron chi connectivity index (χ0n) is 35.5. The van der Waals surface area contributed by atoms with Crippen molar-refractivity contribution < 1.29 is 0 Å². The quantitative estimate of drug-likeness (QED) is 0.168. The van der Waals surface area contributed by atoms with Crippen molar-refractivity contribution in [1.82, 2.24) is 0 Å². The molecular weight excluding hydrogens is 735 g/mol. The second-order valence-electron chi connectivity index (χ2n) is 18.6. The van der Waals surface area contributed by atoms with Gasteiger partial charge in [0.2, 0.25) is 0 Å². The van der Waals surface area contributed by atoms with Crippen LogP contribution in [0.15, 0.2) is 175 Å². The molecule has 0 spiro atoms. The molecule has 0 heterocycles. The average Bonchev–Trinajstić information content (AvgIpc) is 3.69. The molecule has 61 heavy (non-hydrogen) atoms. The summed E-state index contributed by atoms with van der Waals surface area (Å²) in [6.45, 7) is 9.71. The lowest BCUT2D eigenvalue weighted by atomic mass is 9.78. The number of fused-ring (bicyclic) bond motifs is 10. The molecule has 1 heteroatoms. The van der Waals surface area contributed by atoms with Crippen LogP contribution in [0, 0.1) is 0 Å². The number of allylic oxidation sites excluding steroid dienone is 5. The maximum absolute atomic E-state index is 2.61. The molecule has 8 aromatic carbocycles. The Morgan fingerprint density at radius 2 is 1.16 bits per heavy atom. The van der Waals surface area contributed by atoms with E-state index in [-0.39, 0.29) is 10.8 Å². The Bertz CT molecular complexity index is 3220. The molecule has 0 bridgehead atoms. The van der Waals surface area contributed by atoms with Crippen molar-refractivity contribution in [2.75, 3.05) is 4.90 Å². The molecule has 1 nitrogen and oxygen atoms in total. The van der Waals surface area contributed by atoms with Gasteiger partial charge in [-0.25, -0.2) is 0 Å². The first-order chi connectivity index (χ1) is 29.8. The number of nitrogens with zero attached hydrogens (tertiary/aromatic N) is 1. The van der Waals surface area contributed by atoms with Crippen molar-refractivity contribution in [3.63, 3.8) is 0 Å². The molecule has 0 N–H and O–H groups in total. The van der Waals surface area contributed by atoms with Crippen LogP contribution in [0.1, 0.15) is 80.3 Å². The normalized spacial score (nSPS) is 16.3. The summed E-state index contributed by atoms with van der Waals surface area (Å²) in [5.41, 5.74) is 22.5. The van der Waals surface area contributed by atoms with E-state index in [4.69, 9.17) is 0 Å². The van der Waals surface area contributed by atoms with Crippen molar-refractivity contribution in [1.29, 1.82) is 0 Å². The van der Waals surface area contributed by atoms with Crippen LogP contribution in [0.2, 0.25) is 0 Å². The molecular formula is C60H49N. The van der Waals surface area contributed by atoms with Gasteiger partial charge in [-0.1, -0.05) is 173 Å². The molecule has 4 aliphatic carbocycles. The van der Waals surface area contributed by atoms with E-state index >= 15 is 0 Å². The highest BCUT2D eigenvalue weighted by atomic mass is 15.1. The van der Waals surface area contributed by atoms with Gasteiger partial charge < -0.3 is 4.90 Å². The Hall–Kier alpha value is -6.70. The number of hydrogen-bond donors (Lipinski definition) is 0. The Kier molecular flexibility index (Phi) is 7.95. The lowest BCUT2D eigenvalue weighted by Gasteiger charge is -2.33. The molecule has 4 aliphatic rings. The van der Waals surface area contributed by atoms with Crippen LogP contribution >= 0.6 is 0 Å². The monoisotopic (exact) mass is 783 g/mol. The Balaban J connectivity index is 1.14. The summed E-state index contributed by atoms with van der Waals surface area (Å²) < 4.78 is 0. The second-order valence-corrected chi connectivity index (χ2v) is 18.6. The van der Waals surface area contributed by atoms with Gasteiger partial charge in [-0.15, -0.1) is 0 Å². The van der Waals surface area contributed by atoms with Gasteiger partial charge in [0.05, 0.1) is 11.4 Å². The highest BCUT2D eigenvalue weighted by molar-refractivity contribution is 6.10. The molecule has 12 rings (SSSR count). The van der Waals surface area contributed by atoms with Gasteiger partial charge in [-0.05, 0) is 145 Å². The SMILES string of the molecule is CC1(C)C2=C(CCC=C2)c2c1cc(N(c1ccc(-c3cc4ccccc4c4c3C=CCC4)cc1)c1ccc(-c3ccccc3)c3c1-c1ccccc1C3(C)C)c1ccccc21. The van der Waals surface area contributed by atoms with Crippen molar-refractivity contribution in [2.45, 2.75) is 64.2 Å². The van der Waals surface area contributed by atoms with E-state index in [0.717, 1.165) is 31.4 Å². The van der Waals surface area contributed by atoms with E-state index in [9.17, 15) is 0 Å². The second kappa shape index (κ2) is 13.4. The maximum Gasteiger partial charge on any atom is 0.0543 e. The van der Waals surface area contributed by atoms with E-state index in [1.54, 1.807) is 0 Å². The van der Waals surface area contributed by atoms with E-state index in [0.29, 0.717) is 0 Å². The molecule has 0 radical (unpaired) electrons. The highest BCUT2D eigenvalue weighted by Gasteiger charge is 2.42. The fourth-order valence-electron chi connectivity index (χ4n) is 11.7. The van der Waals surface area contributed by atoms with Gasteiger partial charge in [-0.2, -0.15) is 0 Å². The molecule has 0 aromatic heterocycles. The fraction of sp³-hybridized carbons (Fsp3) is 0.167. The summed E-state index contributed by atoms with van der Waals surface area (Å²) in [7, 11) is 0. The largest absolute Gasteiger partial charge is 0.309 e. The van der Waals surface area contributed by atoms with E-state index < -0.39 is 0 Å². The molecule has 0 unspecified atom stereocenters. The summed E-state index contributed by atoms with van der Waals surface area (Å²) in [5.74, 6) is 0. The van der Waals surface area contributed by atoms with Gasteiger partial charge in [0.25, 0.3) is 0 Å². The first-order valence-corrected chi connectivity index (χ1v) is 22.2. The van der Waals surface area contributed by atoms with Crippen LogP contribution in [0.5, 0.6) is 0 Å². The lowest BCUT2D eigenvalue weighted by molar-refractivity contribution is 0.652. The zero-order valence-corrected chi connectivity index (χ0v) is 35.5. The smallest absolute Gasteiger partial charge is 0.0543 e. The van der Waals surface area contributed by atoms with Gasteiger partial charge in [0.1, 0.15) is 0 Å². The van der Waals surface area contributed by atoms with Crippen LogP contribution < -0.4 is 4.90 Å². The van der Waals surface area contributed by atoms with Crippen molar-refractivity contribution >= 4 is 50.3 Å². The first kappa shape index (κ1) is 36.2. The number of anilines is 3. The third-order valence-corrected chi connectivity index (χ3v) is 14.6. The molecule has 0 atom stereocenters. The predicted octanol–water partition coefficient (Wildman–Crippen LogP) is 16.5. The molecule has 0 saturated carbocycles. The van der Waals surface area contributed by atoms with Crippen LogP contribution in [-0.4, -0.2) is 0 Å². The van der Waals surface area contributed by atoms with Crippen LogP contribution in [0.3, 0.4) is 0 Å². The minimum Gasteiger partial charge on any atom is -0.309 e. The number of aryl methyl sites for hydroxylation is 1. The molecule has 0 aliphatic heterocycles. The first-order valence-electron chi connectivity index (χ1n) is 22.2. The molecule has 0 saturated heterocycles. The summed E-state index contributed by atoms with van der Waals surface area (Å²) in [6, 6.07) is 57.5. The molecule has 0 amide bonds. The Morgan fingerprint density at radius 1 is 0.475 bits per heavy atom. The van der Waals surface area contributed by atoms with Crippen molar-refractivity contribution in [3.05, 3.63) is 209 Å². The predicted molar refractivity (Wildman–Crippen MR) is 260 cm³/mol. The van der Waals surface area contributed by atoms with Crippen LogP contribution in [-0.2, 0) is 17.3 Å². The van der Waals surface area contributed by atoms with Gasteiger partial charge in [0, 0.05) is 27.5 Å². The number of benzene rings is 8. The van der Waals surface area contributed by atoms with Gasteiger partial charge in [0.15, 0.2) is 0 Å². The molecule has 8 aromatic rings. The summed E-state index contributed by atoms with van der Waals surface area (Å²) >= 11 is 0. The maximum atomic E-state index is 2.61. The minimum absolute atomic E-state index is 0.119. The Labute approximate surface area is 360 Å². The number of rotatable bonds is 5. The summed E-state index contributed by atoms with van der Waals surface area (Å²) in [5, 5.41) is 5.32. The van der Waals surface area contributed by atoms with Crippen molar-refractivity contribution in [2.24, 2.45) is 0 Å². The lowest BCUT2D eigenvalue weighted by Crippen LogP contribution is -2.19. The van der Waals surface area contributed by atoms with Crippen LogP contribution in [0.25, 0.3) is 66.6 Å². The topological polar surface area (TPSA) is 3.24 Å². The summed E-state index contributed by atoms with van der Waals surface area (Å²) in [4.78, 5) is 2.61. The van der Waals surface area contributed by atoms with E-state index in [1.165, 1.54) is 111 Å². The molecule has 0 fully saturated rings. The highest BCUT2D eigenvalue weighted by Crippen LogP contribution is 2.59. The summed E-state index contributed by atoms with van der Waals surface area (Å²) in [6.07, 6.45) is 13.8. The standard InChI is InChI=1S/C60H49N/c1-59(2)51-28-16-14-26-48(51)56-47-25-13-12-24-46(47)55(37-53(56)59)61(41-32-30-39(31-33-41)50-36-40-20-8-9-21-42(40)44-22-10-11-23-45(44)50)54-35-34-43(38-18-6-5-7-19-38)58-57(54)49-27-15-17-29-52(49)60(58,3)4/h5-9,11-13,15-21,23-25,27-37H,10,14,22,26H2,1-4H3. The fourth-order valence-corrected chi connectivity index (χ4v) is 11.7. The van der Waals surface area contributed by atoms with E-state index in [2.05, 4.69) is 209 Å². The molecule has 294 valence electrons.